The van der Waals surface area contributed by atoms with Crippen LogP contribution in [0.5, 0.6) is 0 Å². The van der Waals surface area contributed by atoms with Crippen LogP contribution in [0, 0.1) is 5.82 Å². The molecule has 0 saturated carbocycles. The van der Waals surface area contributed by atoms with Crippen molar-refractivity contribution >= 4 is 28.7 Å². The highest BCUT2D eigenvalue weighted by Crippen LogP contribution is 2.26. The molecule has 1 aromatic heterocycles. The van der Waals surface area contributed by atoms with E-state index in [1.807, 2.05) is 30.3 Å². The first-order valence-corrected chi connectivity index (χ1v) is 6.93. The molecule has 7 heteroatoms. The van der Waals surface area contributed by atoms with Gasteiger partial charge in [-0.05, 0) is 24.3 Å². The van der Waals surface area contributed by atoms with Crippen molar-refractivity contribution in [3.8, 4) is 0 Å². The predicted octanol–water partition coefficient (Wildman–Crippen LogP) is 3.38. The summed E-state index contributed by atoms with van der Waals surface area (Å²) in [4.78, 5) is 8.12. The highest BCUT2D eigenvalue weighted by molar-refractivity contribution is 5.78. The molecular formula is C16H15FN6. The predicted molar refractivity (Wildman–Crippen MR) is 89.8 cm³/mol. The number of hydrogen-bond acceptors (Lipinski definition) is 6. The van der Waals surface area contributed by atoms with Crippen LogP contribution in [0.3, 0.4) is 0 Å². The van der Waals surface area contributed by atoms with Crippen molar-refractivity contribution in [2.24, 2.45) is 0 Å². The second kappa shape index (κ2) is 6.61. The molecule has 1 heterocycles. The Kier molecular flexibility index (Phi) is 4.19. The zero-order valence-corrected chi connectivity index (χ0v) is 12.1. The smallest absolute Gasteiger partial charge is 0.173 e. The highest BCUT2D eigenvalue weighted by atomic mass is 19.1. The minimum atomic E-state index is -0.387. The van der Waals surface area contributed by atoms with Gasteiger partial charge >= 0.3 is 0 Å². The van der Waals surface area contributed by atoms with Crippen molar-refractivity contribution in [3.63, 3.8) is 0 Å². The minimum Gasteiger partial charge on any atom is -0.393 e. The second-order valence-corrected chi connectivity index (χ2v) is 4.71. The summed E-state index contributed by atoms with van der Waals surface area (Å²) in [6, 6.07) is 15.8. The van der Waals surface area contributed by atoms with E-state index < -0.39 is 0 Å². The van der Waals surface area contributed by atoms with Crippen LogP contribution >= 0.6 is 0 Å². The van der Waals surface area contributed by atoms with Gasteiger partial charge in [-0.1, -0.05) is 30.3 Å². The van der Waals surface area contributed by atoms with Crippen molar-refractivity contribution in [3.05, 3.63) is 66.7 Å². The number of para-hydroxylation sites is 2. The molecule has 3 aromatic rings. The van der Waals surface area contributed by atoms with Gasteiger partial charge in [-0.25, -0.2) is 14.4 Å². The topological polar surface area (TPSA) is 87.9 Å². The Morgan fingerprint density at radius 1 is 0.826 bits per heavy atom. The van der Waals surface area contributed by atoms with Gasteiger partial charge in [0.15, 0.2) is 11.6 Å². The third kappa shape index (κ3) is 3.46. The molecule has 0 atom stereocenters. The van der Waals surface area contributed by atoms with Gasteiger partial charge in [0.1, 0.15) is 17.8 Å². The molecule has 23 heavy (non-hydrogen) atoms. The van der Waals surface area contributed by atoms with Crippen LogP contribution in [0.25, 0.3) is 0 Å². The lowest BCUT2D eigenvalue weighted by Crippen LogP contribution is -2.13. The summed E-state index contributed by atoms with van der Waals surface area (Å²) in [7, 11) is 0. The highest BCUT2D eigenvalue weighted by Gasteiger charge is 2.10. The lowest BCUT2D eigenvalue weighted by Gasteiger charge is -2.14. The number of benzene rings is 2. The lowest BCUT2D eigenvalue weighted by atomic mass is 10.3. The summed E-state index contributed by atoms with van der Waals surface area (Å²) >= 11 is 0. The molecule has 2 aromatic carbocycles. The van der Waals surface area contributed by atoms with Crippen molar-refractivity contribution in [2.45, 2.75) is 0 Å². The first kappa shape index (κ1) is 14.6. The van der Waals surface area contributed by atoms with Gasteiger partial charge in [0, 0.05) is 0 Å². The lowest BCUT2D eigenvalue weighted by molar-refractivity contribution is 0.632. The quantitative estimate of drug-likeness (QED) is 0.540. The number of nitrogens with zero attached hydrogens (tertiary/aromatic N) is 2. The molecule has 0 aliphatic rings. The standard InChI is InChI=1S/C16H15FN6/c17-12-8-4-5-9-13(12)21-15-14(18)16(20-10-19-15)23-22-11-6-2-1-3-7-11/h1-10,22H,18H2,(H2,19,20,21,23). The average molecular weight is 310 g/mol. The van der Waals surface area contributed by atoms with Gasteiger partial charge in [-0.3, -0.25) is 10.9 Å². The number of rotatable bonds is 5. The Morgan fingerprint density at radius 3 is 2.30 bits per heavy atom. The number of aromatic nitrogens is 2. The first-order chi connectivity index (χ1) is 11.2. The molecule has 0 radical (unpaired) electrons. The maximum atomic E-state index is 13.7. The van der Waals surface area contributed by atoms with Gasteiger partial charge < -0.3 is 11.1 Å². The molecule has 116 valence electrons. The van der Waals surface area contributed by atoms with E-state index in [-0.39, 0.29) is 11.5 Å². The number of hydrazine groups is 1. The van der Waals surface area contributed by atoms with Gasteiger partial charge in [-0.2, -0.15) is 0 Å². The summed E-state index contributed by atoms with van der Waals surface area (Å²) in [5.74, 6) is 0.326. The maximum Gasteiger partial charge on any atom is 0.173 e. The fraction of sp³-hybridized carbons (Fsp3) is 0. The van der Waals surface area contributed by atoms with Gasteiger partial charge in [0.2, 0.25) is 0 Å². The summed E-state index contributed by atoms with van der Waals surface area (Å²) < 4.78 is 13.7. The number of nitrogen functional groups attached to an aromatic ring is 1. The van der Waals surface area contributed by atoms with Crippen LogP contribution in [0.2, 0.25) is 0 Å². The second-order valence-electron chi connectivity index (χ2n) is 4.71. The molecule has 0 fully saturated rings. The van der Waals surface area contributed by atoms with Gasteiger partial charge in [0.25, 0.3) is 0 Å². The van der Waals surface area contributed by atoms with Crippen LogP contribution in [0.15, 0.2) is 60.9 Å². The fourth-order valence-corrected chi connectivity index (χ4v) is 1.94. The van der Waals surface area contributed by atoms with Crippen LogP contribution in [-0.2, 0) is 0 Å². The fourth-order valence-electron chi connectivity index (χ4n) is 1.94. The summed E-state index contributed by atoms with van der Waals surface area (Å²) in [6.07, 6.45) is 1.34. The Labute approximate surface area is 132 Å². The van der Waals surface area contributed by atoms with E-state index in [1.165, 1.54) is 12.4 Å². The van der Waals surface area contributed by atoms with Crippen LogP contribution in [0.1, 0.15) is 0 Å². The molecule has 0 bridgehead atoms. The van der Waals surface area contributed by atoms with E-state index in [2.05, 4.69) is 26.1 Å². The third-order valence-corrected chi connectivity index (χ3v) is 3.11. The molecule has 0 saturated heterocycles. The SMILES string of the molecule is Nc1c(NNc2ccccc2)ncnc1Nc1ccccc1F. The monoisotopic (exact) mass is 310 g/mol. The van der Waals surface area contributed by atoms with E-state index in [0.29, 0.717) is 17.3 Å². The first-order valence-electron chi connectivity index (χ1n) is 6.93. The number of nitrogens with one attached hydrogen (secondary N) is 3. The largest absolute Gasteiger partial charge is 0.393 e. The molecule has 0 spiro atoms. The Bertz CT molecular complexity index is 794. The molecule has 0 amide bonds. The minimum absolute atomic E-state index is 0.277. The normalized spacial score (nSPS) is 10.1. The number of anilines is 5. The number of halogens is 1. The Balaban J connectivity index is 1.77. The van der Waals surface area contributed by atoms with Gasteiger partial charge in [0.05, 0.1) is 11.4 Å². The van der Waals surface area contributed by atoms with Crippen molar-refractivity contribution < 1.29 is 4.39 Å². The Morgan fingerprint density at radius 2 is 1.52 bits per heavy atom. The number of hydrogen-bond donors (Lipinski definition) is 4. The molecular weight excluding hydrogens is 295 g/mol. The summed E-state index contributed by atoms with van der Waals surface area (Å²) in [5.41, 5.74) is 13.3. The molecule has 0 aliphatic carbocycles. The van der Waals surface area contributed by atoms with Crippen molar-refractivity contribution in [2.75, 3.05) is 21.9 Å². The van der Waals surface area contributed by atoms with E-state index in [1.54, 1.807) is 18.2 Å². The average Bonchev–Trinajstić information content (AvgIpc) is 2.58. The van der Waals surface area contributed by atoms with E-state index in [9.17, 15) is 4.39 Å². The summed E-state index contributed by atoms with van der Waals surface area (Å²) in [5, 5.41) is 2.86. The van der Waals surface area contributed by atoms with E-state index in [0.717, 1.165) is 5.69 Å². The van der Waals surface area contributed by atoms with Crippen molar-refractivity contribution in [1.29, 1.82) is 0 Å². The van der Waals surface area contributed by atoms with Gasteiger partial charge in [-0.15, -0.1) is 0 Å². The molecule has 0 aliphatic heterocycles. The number of nitrogens with two attached hydrogens (primary N) is 1. The van der Waals surface area contributed by atoms with Crippen LogP contribution in [0.4, 0.5) is 33.1 Å². The maximum absolute atomic E-state index is 13.7. The van der Waals surface area contributed by atoms with E-state index >= 15 is 0 Å². The zero-order chi connectivity index (χ0) is 16.1. The molecule has 5 N–H and O–H groups in total. The Hall–Kier alpha value is -3.35. The van der Waals surface area contributed by atoms with Crippen LogP contribution < -0.4 is 21.9 Å². The van der Waals surface area contributed by atoms with E-state index in [4.69, 9.17) is 5.73 Å². The molecule has 3 rings (SSSR count). The molecule has 6 nitrogen and oxygen atoms in total. The van der Waals surface area contributed by atoms with Crippen molar-refractivity contribution in [1.82, 2.24) is 9.97 Å². The summed E-state index contributed by atoms with van der Waals surface area (Å²) in [6.45, 7) is 0. The van der Waals surface area contributed by atoms with Crippen LogP contribution in [-0.4, -0.2) is 9.97 Å². The third-order valence-electron chi connectivity index (χ3n) is 3.11. The zero-order valence-electron chi connectivity index (χ0n) is 12.1. The molecule has 0 unspecified atom stereocenters.